The second-order valence-electron chi connectivity index (χ2n) is 7.70. The number of amides is 1. The van der Waals surface area contributed by atoms with Crippen LogP contribution in [-0.4, -0.2) is 10.9 Å². The molecule has 1 N–H and O–H groups in total. The van der Waals surface area contributed by atoms with Crippen LogP contribution in [-0.2, 0) is 4.79 Å². The number of carbonyl (C=O) groups excluding carboxylic acids is 1. The van der Waals surface area contributed by atoms with Crippen LogP contribution in [0.15, 0.2) is 66.5 Å². The summed E-state index contributed by atoms with van der Waals surface area (Å²) in [5, 5.41) is 3.27. The number of pyridine rings is 1. The van der Waals surface area contributed by atoms with Gasteiger partial charge in [0.15, 0.2) is 0 Å². The van der Waals surface area contributed by atoms with E-state index < -0.39 is 0 Å². The van der Waals surface area contributed by atoms with Crippen LogP contribution in [0.25, 0.3) is 0 Å². The van der Waals surface area contributed by atoms with Gasteiger partial charge in [-0.25, -0.2) is 0 Å². The van der Waals surface area contributed by atoms with Gasteiger partial charge in [0.2, 0.25) is 5.91 Å². The van der Waals surface area contributed by atoms with Gasteiger partial charge in [-0.05, 0) is 48.4 Å². The van der Waals surface area contributed by atoms with Crippen LogP contribution >= 0.6 is 0 Å². The van der Waals surface area contributed by atoms with Crippen molar-refractivity contribution in [2.75, 3.05) is 0 Å². The van der Waals surface area contributed by atoms with Crippen molar-refractivity contribution < 1.29 is 4.79 Å². The van der Waals surface area contributed by atoms with Gasteiger partial charge in [-0.1, -0.05) is 55.8 Å². The Bertz CT molecular complexity index is 722. The Morgan fingerprint density at radius 1 is 1.08 bits per heavy atom. The Morgan fingerprint density at radius 3 is 2.28 bits per heavy atom. The number of carbonyl (C=O) groups is 1. The maximum absolute atomic E-state index is 13.0. The lowest BCUT2D eigenvalue weighted by Crippen LogP contribution is -2.31. The van der Waals surface area contributed by atoms with Gasteiger partial charge in [-0.15, -0.1) is 0 Å². The van der Waals surface area contributed by atoms with E-state index in [1.54, 1.807) is 12.4 Å². The molecule has 1 aliphatic rings. The van der Waals surface area contributed by atoms with Crippen molar-refractivity contribution in [3.05, 3.63) is 77.6 Å². The molecular formula is C22H26N2O. The lowest BCUT2D eigenvalue weighted by Gasteiger charge is -2.20. The van der Waals surface area contributed by atoms with Crippen molar-refractivity contribution in [3.63, 3.8) is 0 Å². The molecule has 1 aromatic heterocycles. The number of nitrogens with one attached hydrogen (secondary N) is 1. The summed E-state index contributed by atoms with van der Waals surface area (Å²) in [6.07, 6.45) is 5.77. The Hall–Kier alpha value is -2.42. The predicted molar refractivity (Wildman–Crippen MR) is 101 cm³/mol. The Labute approximate surface area is 150 Å². The van der Waals surface area contributed by atoms with Gasteiger partial charge >= 0.3 is 0 Å². The van der Waals surface area contributed by atoms with E-state index in [1.807, 2.05) is 30.3 Å². The van der Waals surface area contributed by atoms with Crippen LogP contribution in [0.2, 0.25) is 0 Å². The minimum Gasteiger partial charge on any atom is -0.345 e. The highest BCUT2D eigenvalue weighted by atomic mass is 16.2. The third kappa shape index (κ3) is 3.65. The number of aromatic nitrogens is 1. The third-order valence-electron chi connectivity index (χ3n) is 5.16. The lowest BCUT2D eigenvalue weighted by molar-refractivity contribution is -0.123. The van der Waals surface area contributed by atoms with Crippen LogP contribution < -0.4 is 5.32 Å². The smallest absolute Gasteiger partial charge is 0.225 e. The number of rotatable bonds is 5. The van der Waals surface area contributed by atoms with Gasteiger partial charge in [0.05, 0.1) is 12.0 Å². The van der Waals surface area contributed by atoms with Crippen molar-refractivity contribution >= 4 is 5.91 Å². The molecule has 1 aromatic carbocycles. The average Bonchev–Trinajstić information content (AvgIpc) is 3.13. The number of hydrogen-bond acceptors (Lipinski definition) is 2. The molecule has 0 spiro atoms. The first-order valence-corrected chi connectivity index (χ1v) is 8.81. The van der Waals surface area contributed by atoms with Gasteiger partial charge in [0.1, 0.15) is 0 Å². The molecule has 1 aliphatic carbocycles. The maximum Gasteiger partial charge on any atom is 0.225 e. The number of benzene rings is 1. The summed E-state index contributed by atoms with van der Waals surface area (Å²) in [4.78, 5) is 17.1. The summed E-state index contributed by atoms with van der Waals surface area (Å²) >= 11 is 0. The molecule has 2 aromatic rings. The zero-order valence-corrected chi connectivity index (χ0v) is 15.4. The normalized spacial score (nSPS) is 21.9. The van der Waals surface area contributed by atoms with Crippen LogP contribution in [0.5, 0.6) is 0 Å². The van der Waals surface area contributed by atoms with E-state index in [0.29, 0.717) is 5.92 Å². The summed E-state index contributed by atoms with van der Waals surface area (Å²) in [6.45, 7) is 8.52. The van der Waals surface area contributed by atoms with Gasteiger partial charge in [0.25, 0.3) is 0 Å². The highest BCUT2D eigenvalue weighted by Crippen LogP contribution is 2.59. The van der Waals surface area contributed by atoms with Gasteiger partial charge in [0, 0.05) is 12.4 Å². The maximum atomic E-state index is 13.0. The first-order valence-electron chi connectivity index (χ1n) is 8.81. The number of hydrogen-bond donors (Lipinski definition) is 1. The molecule has 25 heavy (non-hydrogen) atoms. The molecule has 0 bridgehead atoms. The molecule has 1 heterocycles. The van der Waals surface area contributed by atoms with E-state index in [-0.39, 0.29) is 23.3 Å². The van der Waals surface area contributed by atoms with Crippen molar-refractivity contribution in [2.24, 2.45) is 17.3 Å². The highest BCUT2D eigenvalue weighted by molar-refractivity contribution is 5.84. The van der Waals surface area contributed by atoms with Crippen molar-refractivity contribution in [1.82, 2.24) is 10.3 Å². The summed E-state index contributed by atoms with van der Waals surface area (Å²) in [5.41, 5.74) is 3.41. The van der Waals surface area contributed by atoms with E-state index in [2.05, 4.69) is 56.2 Å². The van der Waals surface area contributed by atoms with Crippen LogP contribution in [0.4, 0.5) is 0 Å². The highest BCUT2D eigenvalue weighted by Gasteiger charge is 2.60. The van der Waals surface area contributed by atoms with E-state index in [4.69, 9.17) is 0 Å². The van der Waals surface area contributed by atoms with E-state index in [0.717, 1.165) is 11.1 Å². The summed E-state index contributed by atoms with van der Waals surface area (Å²) in [7, 11) is 0. The zero-order chi connectivity index (χ0) is 18.0. The zero-order valence-electron chi connectivity index (χ0n) is 15.4. The van der Waals surface area contributed by atoms with Crippen LogP contribution in [0.1, 0.15) is 44.9 Å². The summed E-state index contributed by atoms with van der Waals surface area (Å²) in [5.74, 6) is 0.458. The predicted octanol–water partition coefficient (Wildman–Crippen LogP) is 4.53. The molecule has 3 rings (SSSR count). The molecule has 1 saturated carbocycles. The summed E-state index contributed by atoms with van der Waals surface area (Å²) in [6, 6.07) is 13.9. The van der Waals surface area contributed by atoms with Gasteiger partial charge < -0.3 is 5.32 Å². The third-order valence-corrected chi connectivity index (χ3v) is 5.16. The first kappa shape index (κ1) is 17.4. The molecule has 0 aliphatic heterocycles. The van der Waals surface area contributed by atoms with E-state index in [1.165, 1.54) is 5.57 Å². The first-order chi connectivity index (χ1) is 11.9. The molecule has 3 unspecified atom stereocenters. The fraction of sp³-hybridized carbons (Fsp3) is 0.364. The van der Waals surface area contributed by atoms with Crippen LogP contribution in [0, 0.1) is 17.3 Å². The molecule has 0 saturated heterocycles. The SMILES string of the molecule is CC(C)=CC1C(C(=O)NC(c2ccccc2)c2ccncc2)C1(C)C. The second-order valence-corrected chi connectivity index (χ2v) is 7.70. The number of allylic oxidation sites excluding steroid dienone is 2. The number of nitrogens with zero attached hydrogens (tertiary/aromatic N) is 1. The van der Waals surface area contributed by atoms with Crippen molar-refractivity contribution in [1.29, 1.82) is 0 Å². The lowest BCUT2D eigenvalue weighted by atomic mass is 9.99. The van der Waals surface area contributed by atoms with E-state index in [9.17, 15) is 4.79 Å². The van der Waals surface area contributed by atoms with Crippen molar-refractivity contribution in [3.8, 4) is 0 Å². The molecule has 0 radical (unpaired) electrons. The average molecular weight is 334 g/mol. The minimum absolute atomic E-state index is 0.0147. The standard InChI is InChI=1S/C22H26N2O/c1-15(2)14-18-19(22(18,3)4)21(25)24-20(16-8-6-5-7-9-16)17-10-12-23-13-11-17/h5-14,18-20H,1-4H3,(H,24,25). The van der Waals surface area contributed by atoms with Gasteiger partial charge in [-0.3, -0.25) is 9.78 Å². The Morgan fingerprint density at radius 2 is 1.68 bits per heavy atom. The quantitative estimate of drug-likeness (QED) is 0.817. The topological polar surface area (TPSA) is 42.0 Å². The molecule has 1 fully saturated rings. The Balaban J connectivity index is 1.84. The molecule has 3 atom stereocenters. The molecule has 3 nitrogen and oxygen atoms in total. The summed E-state index contributed by atoms with van der Waals surface area (Å²) < 4.78 is 0. The van der Waals surface area contributed by atoms with Crippen LogP contribution in [0.3, 0.4) is 0 Å². The molecular weight excluding hydrogens is 308 g/mol. The second kappa shape index (κ2) is 6.83. The fourth-order valence-electron chi connectivity index (χ4n) is 3.64. The molecule has 3 heteroatoms. The van der Waals surface area contributed by atoms with E-state index >= 15 is 0 Å². The molecule has 1 amide bonds. The van der Waals surface area contributed by atoms with Gasteiger partial charge in [-0.2, -0.15) is 0 Å². The Kier molecular flexibility index (Phi) is 4.76. The fourth-order valence-corrected chi connectivity index (χ4v) is 3.64. The monoisotopic (exact) mass is 334 g/mol. The minimum atomic E-state index is -0.152. The largest absolute Gasteiger partial charge is 0.345 e. The molecule has 130 valence electrons. The van der Waals surface area contributed by atoms with Crippen molar-refractivity contribution in [2.45, 2.75) is 33.7 Å².